The Hall–Kier alpha value is -2.92. The highest BCUT2D eigenvalue weighted by atomic mass is 35.5. The van der Waals surface area contributed by atoms with Gasteiger partial charge in [0.15, 0.2) is 0 Å². The van der Waals surface area contributed by atoms with Gasteiger partial charge in [0.25, 0.3) is 5.91 Å². The Balaban J connectivity index is 1.61. The third kappa shape index (κ3) is 3.47. The van der Waals surface area contributed by atoms with Crippen molar-refractivity contribution in [1.82, 2.24) is 0 Å². The van der Waals surface area contributed by atoms with Crippen molar-refractivity contribution in [2.45, 2.75) is 20.3 Å². The van der Waals surface area contributed by atoms with Gasteiger partial charge in [-0.2, -0.15) is 0 Å². The van der Waals surface area contributed by atoms with Crippen molar-refractivity contribution in [3.8, 4) is 0 Å². The van der Waals surface area contributed by atoms with Gasteiger partial charge in [-0.25, -0.2) is 0 Å². The molecule has 0 radical (unpaired) electrons. The van der Waals surface area contributed by atoms with E-state index < -0.39 is 0 Å². The summed E-state index contributed by atoms with van der Waals surface area (Å²) in [6.07, 6.45) is 4.54. The Morgan fingerprint density at radius 1 is 1.14 bits per heavy atom. The van der Waals surface area contributed by atoms with Gasteiger partial charge in [-0.1, -0.05) is 42.8 Å². The van der Waals surface area contributed by atoms with Crippen LogP contribution in [0.5, 0.6) is 0 Å². The number of aryl methyl sites for hydroxylation is 1. The van der Waals surface area contributed by atoms with E-state index in [1.54, 1.807) is 36.4 Å². The third-order valence-corrected chi connectivity index (χ3v) is 5.92. The average molecular weight is 409 g/mol. The molecular weight excluding hydrogens is 388 g/mol. The molecule has 0 unspecified atom stereocenters. The molecule has 1 aliphatic carbocycles. The van der Waals surface area contributed by atoms with Crippen LogP contribution in [0.2, 0.25) is 5.02 Å². The first-order valence-corrected chi connectivity index (χ1v) is 9.96. The van der Waals surface area contributed by atoms with Gasteiger partial charge in [0, 0.05) is 16.3 Å². The van der Waals surface area contributed by atoms with Crippen LogP contribution in [0.4, 0.5) is 11.4 Å². The summed E-state index contributed by atoms with van der Waals surface area (Å²) in [4.78, 5) is 39.9. The minimum atomic E-state index is -0.334. The molecule has 1 N–H and O–H groups in total. The molecule has 2 aromatic carbocycles. The summed E-state index contributed by atoms with van der Waals surface area (Å²) >= 11 is 6.02. The Labute approximate surface area is 174 Å². The van der Waals surface area contributed by atoms with Gasteiger partial charge in [0.1, 0.15) is 0 Å². The summed E-state index contributed by atoms with van der Waals surface area (Å²) < 4.78 is 0. The van der Waals surface area contributed by atoms with Gasteiger partial charge < -0.3 is 5.32 Å². The van der Waals surface area contributed by atoms with E-state index in [1.807, 2.05) is 32.1 Å². The number of halogens is 1. The molecule has 1 saturated heterocycles. The Morgan fingerprint density at radius 3 is 2.69 bits per heavy atom. The fourth-order valence-electron chi connectivity index (χ4n) is 4.11. The summed E-state index contributed by atoms with van der Waals surface area (Å²) in [5.74, 6) is -1.36. The lowest BCUT2D eigenvalue weighted by Crippen LogP contribution is -2.31. The maximum absolute atomic E-state index is 13.0. The van der Waals surface area contributed by atoms with E-state index in [-0.39, 0.29) is 35.5 Å². The summed E-state index contributed by atoms with van der Waals surface area (Å²) in [5.41, 5.74) is 2.29. The number of nitrogens with zero attached hydrogens (tertiary/aromatic N) is 1. The van der Waals surface area contributed by atoms with Crippen molar-refractivity contribution in [2.24, 2.45) is 17.8 Å². The van der Waals surface area contributed by atoms with E-state index in [4.69, 9.17) is 11.6 Å². The highest BCUT2D eigenvalue weighted by Crippen LogP contribution is 2.40. The third-order valence-electron chi connectivity index (χ3n) is 5.69. The number of nitrogens with one attached hydrogen (secondary N) is 1. The van der Waals surface area contributed by atoms with Crippen LogP contribution in [-0.2, 0) is 9.59 Å². The number of benzene rings is 2. The van der Waals surface area contributed by atoms with Crippen molar-refractivity contribution in [3.05, 3.63) is 70.8 Å². The van der Waals surface area contributed by atoms with Crippen molar-refractivity contribution in [1.29, 1.82) is 0 Å². The van der Waals surface area contributed by atoms with Crippen LogP contribution in [0.25, 0.3) is 0 Å². The molecule has 2 aliphatic rings. The summed E-state index contributed by atoms with van der Waals surface area (Å²) in [7, 11) is 0. The highest BCUT2D eigenvalue weighted by molar-refractivity contribution is 6.31. The van der Waals surface area contributed by atoms with E-state index in [0.29, 0.717) is 28.4 Å². The second-order valence-electron chi connectivity index (χ2n) is 7.63. The number of fused-ring (bicyclic) bond motifs is 1. The Kier molecular flexibility index (Phi) is 5.01. The van der Waals surface area contributed by atoms with Gasteiger partial charge >= 0.3 is 0 Å². The molecule has 0 bridgehead atoms. The molecule has 3 amide bonds. The van der Waals surface area contributed by atoms with Crippen LogP contribution in [0.1, 0.15) is 29.3 Å². The zero-order valence-corrected chi connectivity index (χ0v) is 16.9. The van der Waals surface area contributed by atoms with Gasteiger partial charge in [-0.05, 0) is 55.2 Å². The van der Waals surface area contributed by atoms with Crippen LogP contribution >= 0.6 is 11.6 Å². The van der Waals surface area contributed by atoms with Crippen LogP contribution in [-0.4, -0.2) is 17.7 Å². The number of anilines is 2. The molecule has 5 nitrogen and oxygen atoms in total. The molecule has 4 rings (SSSR count). The van der Waals surface area contributed by atoms with E-state index in [2.05, 4.69) is 5.32 Å². The minimum Gasteiger partial charge on any atom is -0.322 e. The quantitative estimate of drug-likeness (QED) is 0.596. The predicted octanol–water partition coefficient (Wildman–Crippen LogP) is 4.60. The lowest BCUT2D eigenvalue weighted by molar-refractivity contribution is -0.122. The molecular formula is C23H21ClN2O3. The summed E-state index contributed by atoms with van der Waals surface area (Å²) in [6.45, 7) is 3.83. The molecule has 29 heavy (non-hydrogen) atoms. The van der Waals surface area contributed by atoms with Gasteiger partial charge in [-0.15, -0.1) is 0 Å². The van der Waals surface area contributed by atoms with Crippen molar-refractivity contribution < 1.29 is 14.4 Å². The maximum atomic E-state index is 13.0. The lowest BCUT2D eigenvalue weighted by atomic mass is 9.78. The predicted molar refractivity (Wildman–Crippen MR) is 113 cm³/mol. The molecule has 1 heterocycles. The van der Waals surface area contributed by atoms with E-state index in [9.17, 15) is 14.4 Å². The van der Waals surface area contributed by atoms with E-state index in [0.717, 1.165) is 5.56 Å². The van der Waals surface area contributed by atoms with Crippen molar-refractivity contribution in [2.75, 3.05) is 10.2 Å². The first-order chi connectivity index (χ1) is 13.9. The fraction of sp³-hybridized carbons (Fsp3) is 0.261. The minimum absolute atomic E-state index is 0.0208. The second kappa shape index (κ2) is 7.48. The normalized spacial score (nSPS) is 23.3. The molecule has 148 valence electrons. The lowest BCUT2D eigenvalue weighted by Gasteiger charge is -2.22. The van der Waals surface area contributed by atoms with Gasteiger partial charge in [0.2, 0.25) is 11.8 Å². The number of hydrogen-bond acceptors (Lipinski definition) is 3. The molecule has 0 spiro atoms. The topological polar surface area (TPSA) is 66.5 Å². The zero-order valence-electron chi connectivity index (χ0n) is 16.2. The molecule has 2 aromatic rings. The highest BCUT2D eigenvalue weighted by Gasteiger charge is 2.50. The average Bonchev–Trinajstić information content (AvgIpc) is 2.96. The maximum Gasteiger partial charge on any atom is 0.255 e. The van der Waals surface area contributed by atoms with Crippen LogP contribution in [0.3, 0.4) is 0 Å². The van der Waals surface area contributed by atoms with E-state index in [1.165, 1.54) is 4.90 Å². The van der Waals surface area contributed by atoms with E-state index >= 15 is 0 Å². The standard InChI is InChI=1S/C23H21ClN2O3/c1-13-9-10-16(24)12-19(13)25-21(27)15-6-4-7-17(11-15)26-22(28)18-8-3-5-14(2)20(18)23(26)29/h3-7,9-12,14,18,20H,8H2,1-2H3,(H,25,27)/t14-,18-,20+/m1/s1. The summed E-state index contributed by atoms with van der Waals surface area (Å²) in [6, 6.07) is 11.9. The van der Waals surface area contributed by atoms with Crippen LogP contribution in [0.15, 0.2) is 54.6 Å². The first-order valence-electron chi connectivity index (χ1n) is 9.59. The molecule has 0 saturated carbocycles. The fourth-order valence-corrected chi connectivity index (χ4v) is 4.28. The molecule has 3 atom stereocenters. The Morgan fingerprint density at radius 2 is 1.93 bits per heavy atom. The molecule has 1 fully saturated rings. The molecule has 1 aliphatic heterocycles. The zero-order chi connectivity index (χ0) is 20.7. The Bertz CT molecular complexity index is 1050. The number of carbonyl (C=O) groups is 3. The largest absolute Gasteiger partial charge is 0.322 e. The number of allylic oxidation sites excluding steroid dienone is 2. The monoisotopic (exact) mass is 408 g/mol. The number of amides is 3. The van der Waals surface area contributed by atoms with Gasteiger partial charge in [0.05, 0.1) is 17.5 Å². The van der Waals surface area contributed by atoms with Crippen LogP contribution in [0, 0.1) is 24.7 Å². The van der Waals surface area contributed by atoms with Gasteiger partial charge in [-0.3, -0.25) is 19.3 Å². The van der Waals surface area contributed by atoms with Crippen molar-refractivity contribution in [3.63, 3.8) is 0 Å². The SMILES string of the molecule is Cc1ccc(Cl)cc1NC(=O)c1cccc(N2C(=O)[C@H]3[C@H](C)C=CC[C@H]3C2=O)c1. The number of hydrogen-bond donors (Lipinski definition) is 1. The first kappa shape index (κ1) is 19.4. The molecule has 0 aromatic heterocycles. The van der Waals surface area contributed by atoms with Crippen LogP contribution < -0.4 is 10.2 Å². The number of rotatable bonds is 3. The second-order valence-corrected chi connectivity index (χ2v) is 8.07. The molecule has 6 heteroatoms. The van der Waals surface area contributed by atoms with Crippen molar-refractivity contribution >= 4 is 40.7 Å². The smallest absolute Gasteiger partial charge is 0.255 e. The number of carbonyl (C=O) groups excluding carboxylic acids is 3. The summed E-state index contributed by atoms with van der Waals surface area (Å²) in [5, 5.41) is 3.37. The number of imide groups is 1.